The molecule has 2 N–H and O–H groups in total. The summed E-state index contributed by atoms with van der Waals surface area (Å²) in [6.45, 7) is 8.20. The van der Waals surface area contributed by atoms with Crippen LogP contribution in [0.1, 0.15) is 50.4 Å². The van der Waals surface area contributed by atoms with E-state index < -0.39 is 11.7 Å². The fourth-order valence-electron chi connectivity index (χ4n) is 3.86. The number of hydrogen-bond donors (Lipinski definition) is 2. The molecule has 0 saturated heterocycles. The van der Waals surface area contributed by atoms with Gasteiger partial charge < -0.3 is 29.7 Å². The molecule has 0 fully saturated rings. The van der Waals surface area contributed by atoms with Gasteiger partial charge in [-0.25, -0.2) is 14.0 Å². The zero-order valence-corrected chi connectivity index (χ0v) is 23.7. The zero-order valence-electron chi connectivity index (χ0n) is 23.7. The number of urea groups is 1. The van der Waals surface area contributed by atoms with Gasteiger partial charge in [0, 0.05) is 19.6 Å². The van der Waals surface area contributed by atoms with Crippen molar-refractivity contribution in [3.05, 3.63) is 95.3 Å². The van der Waals surface area contributed by atoms with E-state index in [1.54, 1.807) is 44.9 Å². The highest BCUT2D eigenvalue weighted by atomic mass is 19.1. The van der Waals surface area contributed by atoms with Crippen molar-refractivity contribution in [1.82, 2.24) is 15.5 Å². The summed E-state index contributed by atoms with van der Waals surface area (Å²) in [4.78, 5) is 27.0. The van der Waals surface area contributed by atoms with Crippen LogP contribution in [0.2, 0.25) is 0 Å². The predicted octanol–water partition coefficient (Wildman–Crippen LogP) is 6.21. The molecule has 3 aromatic rings. The van der Waals surface area contributed by atoms with Gasteiger partial charge in [0.15, 0.2) is 11.5 Å². The summed E-state index contributed by atoms with van der Waals surface area (Å²) in [5.41, 5.74) is 1.98. The standard InChI is InChI=1S/C31H38FN3O5/c1-22(25-12-14-26(32)15-13-25)34-29(36)35(18-17-33-30(37)40-31(2,3)4)20-24-11-16-27(28(19-24)38-5)39-21-23-9-7-6-8-10-23/h6-16,19,22H,17-18,20-21H2,1-5H3,(H,33,37)(H,34,36)/t22-/m1/s1. The highest BCUT2D eigenvalue weighted by Crippen LogP contribution is 2.29. The molecule has 3 amide bonds. The summed E-state index contributed by atoms with van der Waals surface area (Å²) >= 11 is 0. The molecule has 214 valence electrons. The molecule has 0 aromatic heterocycles. The molecule has 0 aliphatic heterocycles. The second-order valence-corrected chi connectivity index (χ2v) is 10.3. The molecule has 0 aliphatic rings. The summed E-state index contributed by atoms with van der Waals surface area (Å²) in [7, 11) is 1.56. The Hall–Kier alpha value is -4.27. The van der Waals surface area contributed by atoms with Crippen molar-refractivity contribution in [1.29, 1.82) is 0 Å². The fraction of sp³-hybridized carbons (Fsp3) is 0.355. The minimum atomic E-state index is -0.632. The first kappa shape index (κ1) is 30.3. The molecule has 0 saturated carbocycles. The average molecular weight is 552 g/mol. The van der Waals surface area contributed by atoms with E-state index in [2.05, 4.69) is 10.6 Å². The van der Waals surface area contributed by atoms with Crippen LogP contribution in [0.5, 0.6) is 11.5 Å². The molecular formula is C31H38FN3O5. The smallest absolute Gasteiger partial charge is 0.407 e. The van der Waals surface area contributed by atoms with Crippen molar-refractivity contribution in [2.75, 3.05) is 20.2 Å². The quantitative estimate of drug-likeness (QED) is 0.296. The van der Waals surface area contributed by atoms with Crippen LogP contribution in [0.3, 0.4) is 0 Å². The van der Waals surface area contributed by atoms with Crippen LogP contribution < -0.4 is 20.1 Å². The number of hydrogen-bond acceptors (Lipinski definition) is 5. The van der Waals surface area contributed by atoms with Gasteiger partial charge in [0.2, 0.25) is 0 Å². The van der Waals surface area contributed by atoms with Gasteiger partial charge in [-0.3, -0.25) is 0 Å². The number of methoxy groups -OCH3 is 1. The first-order chi connectivity index (χ1) is 19.0. The normalized spacial score (nSPS) is 11.8. The number of rotatable bonds is 11. The molecule has 0 bridgehead atoms. The van der Waals surface area contributed by atoms with E-state index in [4.69, 9.17) is 14.2 Å². The predicted molar refractivity (Wildman–Crippen MR) is 152 cm³/mol. The van der Waals surface area contributed by atoms with Crippen molar-refractivity contribution < 1.29 is 28.2 Å². The molecule has 0 aliphatic carbocycles. The van der Waals surface area contributed by atoms with Crippen molar-refractivity contribution >= 4 is 12.1 Å². The lowest BCUT2D eigenvalue weighted by Gasteiger charge is -2.26. The maximum absolute atomic E-state index is 13.4. The third kappa shape index (κ3) is 9.80. The van der Waals surface area contributed by atoms with Crippen LogP contribution in [0.25, 0.3) is 0 Å². The molecule has 9 heteroatoms. The molecule has 3 rings (SSSR count). The van der Waals surface area contributed by atoms with E-state index >= 15 is 0 Å². The summed E-state index contributed by atoms with van der Waals surface area (Å²) in [5.74, 6) is 0.783. The number of carbonyl (C=O) groups is 2. The minimum Gasteiger partial charge on any atom is -0.493 e. The Balaban J connectivity index is 1.71. The van der Waals surface area contributed by atoms with Gasteiger partial charge in [0.05, 0.1) is 13.2 Å². The number of nitrogens with zero attached hydrogens (tertiary/aromatic N) is 1. The molecule has 3 aromatic carbocycles. The fourth-order valence-corrected chi connectivity index (χ4v) is 3.86. The number of halogens is 1. The maximum Gasteiger partial charge on any atom is 0.407 e. The monoisotopic (exact) mass is 551 g/mol. The highest BCUT2D eigenvalue weighted by molar-refractivity contribution is 5.75. The largest absolute Gasteiger partial charge is 0.493 e. The lowest BCUT2D eigenvalue weighted by molar-refractivity contribution is 0.0522. The van der Waals surface area contributed by atoms with Gasteiger partial charge in [-0.2, -0.15) is 0 Å². The number of nitrogens with one attached hydrogen (secondary N) is 2. The first-order valence-corrected chi connectivity index (χ1v) is 13.2. The number of benzene rings is 3. The van der Waals surface area contributed by atoms with Gasteiger partial charge in [-0.15, -0.1) is 0 Å². The Morgan fingerprint density at radius 1 is 0.950 bits per heavy atom. The van der Waals surface area contributed by atoms with Gasteiger partial charge >= 0.3 is 12.1 Å². The SMILES string of the molecule is COc1cc(CN(CCNC(=O)OC(C)(C)C)C(=O)N[C@H](C)c2ccc(F)cc2)ccc1OCc1ccccc1. The molecule has 0 radical (unpaired) electrons. The Morgan fingerprint density at radius 3 is 2.30 bits per heavy atom. The van der Waals surface area contributed by atoms with Gasteiger partial charge in [-0.05, 0) is 68.7 Å². The van der Waals surface area contributed by atoms with Crippen LogP contribution in [0.4, 0.5) is 14.0 Å². The Morgan fingerprint density at radius 2 is 1.65 bits per heavy atom. The maximum atomic E-state index is 13.4. The summed E-state index contributed by atoms with van der Waals surface area (Å²) < 4.78 is 30.2. The van der Waals surface area contributed by atoms with E-state index in [1.165, 1.54) is 12.1 Å². The molecule has 0 unspecified atom stereocenters. The second kappa shape index (κ2) is 14.2. The van der Waals surface area contributed by atoms with Gasteiger partial charge in [-0.1, -0.05) is 48.5 Å². The van der Waals surface area contributed by atoms with Crippen LogP contribution in [-0.4, -0.2) is 42.8 Å². The third-order valence-corrected chi connectivity index (χ3v) is 5.89. The summed E-state index contributed by atoms with van der Waals surface area (Å²) in [6, 6.07) is 20.6. The Kier molecular flexibility index (Phi) is 10.8. The lowest BCUT2D eigenvalue weighted by Crippen LogP contribution is -2.44. The number of alkyl carbamates (subject to hydrolysis) is 1. The average Bonchev–Trinajstić information content (AvgIpc) is 2.91. The third-order valence-electron chi connectivity index (χ3n) is 5.89. The van der Waals surface area contributed by atoms with Crippen molar-refractivity contribution in [2.45, 2.75) is 52.5 Å². The first-order valence-electron chi connectivity index (χ1n) is 13.2. The van der Waals surface area contributed by atoms with E-state index in [1.807, 2.05) is 55.5 Å². The van der Waals surface area contributed by atoms with Crippen LogP contribution >= 0.6 is 0 Å². The van der Waals surface area contributed by atoms with Crippen LogP contribution in [-0.2, 0) is 17.9 Å². The summed E-state index contributed by atoms with van der Waals surface area (Å²) in [6.07, 6.45) is -0.561. The van der Waals surface area contributed by atoms with Crippen molar-refractivity contribution in [2.24, 2.45) is 0 Å². The van der Waals surface area contributed by atoms with E-state index in [9.17, 15) is 14.0 Å². The molecule has 8 nitrogen and oxygen atoms in total. The second-order valence-electron chi connectivity index (χ2n) is 10.3. The minimum absolute atomic E-state index is 0.183. The Labute approximate surface area is 235 Å². The molecular weight excluding hydrogens is 513 g/mol. The lowest BCUT2D eigenvalue weighted by atomic mass is 10.1. The summed E-state index contributed by atoms with van der Waals surface area (Å²) in [5, 5.41) is 5.65. The molecule has 40 heavy (non-hydrogen) atoms. The van der Waals surface area contributed by atoms with Crippen LogP contribution in [0, 0.1) is 5.82 Å². The Bertz CT molecular complexity index is 1250. The van der Waals surface area contributed by atoms with Crippen molar-refractivity contribution in [3.8, 4) is 11.5 Å². The number of ether oxygens (including phenoxy) is 3. The number of carbonyl (C=O) groups excluding carboxylic acids is 2. The van der Waals surface area contributed by atoms with Gasteiger partial charge in [0.25, 0.3) is 0 Å². The van der Waals surface area contributed by atoms with E-state index in [0.717, 1.165) is 16.7 Å². The van der Waals surface area contributed by atoms with E-state index in [0.29, 0.717) is 18.1 Å². The molecule has 0 spiro atoms. The molecule has 1 atom stereocenters. The van der Waals surface area contributed by atoms with Crippen LogP contribution in [0.15, 0.2) is 72.8 Å². The zero-order chi connectivity index (χ0) is 29.1. The topological polar surface area (TPSA) is 89.1 Å². The van der Waals surface area contributed by atoms with E-state index in [-0.39, 0.29) is 37.5 Å². The molecule has 0 heterocycles. The highest BCUT2D eigenvalue weighted by Gasteiger charge is 2.20. The number of amides is 3. The van der Waals surface area contributed by atoms with Crippen molar-refractivity contribution in [3.63, 3.8) is 0 Å². The van der Waals surface area contributed by atoms with Gasteiger partial charge in [0.1, 0.15) is 18.0 Å².